The van der Waals surface area contributed by atoms with Gasteiger partial charge >= 0.3 is 0 Å². The molecule has 2 aromatic rings. The molecule has 0 radical (unpaired) electrons. The van der Waals surface area contributed by atoms with E-state index >= 15 is 0 Å². The van der Waals surface area contributed by atoms with Crippen molar-refractivity contribution in [1.82, 2.24) is 0 Å². The summed E-state index contributed by atoms with van der Waals surface area (Å²) >= 11 is 0. The third-order valence-corrected chi connectivity index (χ3v) is 2.14. The summed E-state index contributed by atoms with van der Waals surface area (Å²) in [5.41, 5.74) is 6.71. The van der Waals surface area contributed by atoms with Crippen molar-refractivity contribution in [1.29, 1.82) is 0 Å². The minimum atomic E-state index is -0.398. The third kappa shape index (κ3) is 3.04. The highest BCUT2D eigenvalue weighted by atomic mass is 19.1. The number of anilines is 1. The van der Waals surface area contributed by atoms with Gasteiger partial charge in [0, 0.05) is 5.69 Å². The van der Waals surface area contributed by atoms with Gasteiger partial charge in [0.1, 0.15) is 11.5 Å². The Morgan fingerprint density at radius 3 is 2.35 bits per heavy atom. The van der Waals surface area contributed by atoms with E-state index in [0.717, 1.165) is 5.69 Å². The van der Waals surface area contributed by atoms with Crippen LogP contribution < -0.4 is 11.1 Å². The molecule has 0 atom stereocenters. The molecule has 0 heterocycles. The zero-order chi connectivity index (χ0) is 12.1. The number of nitrogens with zero attached hydrogens (tertiary/aromatic N) is 1. The maximum absolute atomic E-state index is 13.3. The summed E-state index contributed by atoms with van der Waals surface area (Å²) in [5, 5.41) is 2.88. The number of para-hydroxylation sites is 2. The Morgan fingerprint density at radius 2 is 1.65 bits per heavy atom. The van der Waals surface area contributed by atoms with Crippen molar-refractivity contribution in [2.45, 2.75) is 0 Å². The summed E-state index contributed by atoms with van der Waals surface area (Å²) < 4.78 is 13.3. The zero-order valence-corrected chi connectivity index (χ0v) is 9.10. The van der Waals surface area contributed by atoms with Crippen LogP contribution >= 0.6 is 0 Å². The summed E-state index contributed by atoms with van der Waals surface area (Å²) in [7, 11) is 0. The molecule has 2 aromatic carbocycles. The van der Waals surface area contributed by atoms with E-state index in [1.165, 1.54) is 6.07 Å². The minimum Gasteiger partial charge on any atom is -0.369 e. The van der Waals surface area contributed by atoms with Crippen molar-refractivity contribution >= 4 is 17.3 Å². The van der Waals surface area contributed by atoms with Crippen LogP contribution in [0.15, 0.2) is 59.6 Å². The van der Waals surface area contributed by atoms with Gasteiger partial charge in [0.25, 0.3) is 0 Å². The molecule has 0 aliphatic rings. The number of guanidine groups is 1. The van der Waals surface area contributed by atoms with Crippen LogP contribution in [0.4, 0.5) is 15.8 Å². The molecule has 0 aliphatic heterocycles. The van der Waals surface area contributed by atoms with Gasteiger partial charge in [-0.15, -0.1) is 0 Å². The van der Waals surface area contributed by atoms with Gasteiger partial charge in [-0.2, -0.15) is 0 Å². The lowest BCUT2D eigenvalue weighted by atomic mass is 10.3. The van der Waals surface area contributed by atoms with Crippen LogP contribution in [0.1, 0.15) is 0 Å². The van der Waals surface area contributed by atoms with Crippen molar-refractivity contribution in [2.75, 3.05) is 5.32 Å². The number of nitrogens with two attached hydrogens (primary N) is 1. The number of halogens is 1. The monoisotopic (exact) mass is 229 g/mol. The minimum absolute atomic E-state index is 0.154. The normalized spacial score (nSPS) is 11.2. The average Bonchev–Trinajstić information content (AvgIpc) is 2.33. The topological polar surface area (TPSA) is 50.4 Å². The molecule has 0 unspecified atom stereocenters. The van der Waals surface area contributed by atoms with E-state index in [1.54, 1.807) is 18.2 Å². The molecule has 0 aromatic heterocycles. The first kappa shape index (κ1) is 11.1. The average molecular weight is 229 g/mol. The standard InChI is InChI=1S/C13H12FN3/c14-11-8-4-5-9-12(11)17-13(15)16-10-6-2-1-3-7-10/h1-9H,(H3,15,16,17). The lowest BCUT2D eigenvalue weighted by Crippen LogP contribution is -2.21. The Balaban J connectivity index is 2.16. The highest BCUT2D eigenvalue weighted by Gasteiger charge is 1.99. The van der Waals surface area contributed by atoms with Gasteiger partial charge in [0.15, 0.2) is 5.96 Å². The van der Waals surface area contributed by atoms with E-state index in [-0.39, 0.29) is 11.6 Å². The van der Waals surface area contributed by atoms with Crippen molar-refractivity contribution in [3.8, 4) is 0 Å². The number of benzene rings is 2. The van der Waals surface area contributed by atoms with E-state index < -0.39 is 5.82 Å². The molecule has 0 saturated heterocycles. The Bertz CT molecular complexity index is 523. The van der Waals surface area contributed by atoms with Gasteiger partial charge < -0.3 is 11.1 Å². The largest absolute Gasteiger partial charge is 0.369 e. The van der Waals surface area contributed by atoms with Crippen LogP contribution in [0.5, 0.6) is 0 Å². The van der Waals surface area contributed by atoms with Crippen molar-refractivity contribution < 1.29 is 4.39 Å². The van der Waals surface area contributed by atoms with E-state index in [2.05, 4.69) is 10.3 Å². The highest BCUT2D eigenvalue weighted by Crippen LogP contribution is 2.16. The zero-order valence-electron chi connectivity index (χ0n) is 9.10. The second-order valence-electron chi connectivity index (χ2n) is 3.44. The summed E-state index contributed by atoms with van der Waals surface area (Å²) in [6.45, 7) is 0. The second kappa shape index (κ2) is 5.12. The molecular weight excluding hydrogens is 217 g/mol. The maximum atomic E-state index is 13.3. The first-order valence-electron chi connectivity index (χ1n) is 5.16. The molecule has 4 heteroatoms. The van der Waals surface area contributed by atoms with E-state index in [9.17, 15) is 4.39 Å². The van der Waals surface area contributed by atoms with Crippen molar-refractivity contribution in [3.05, 3.63) is 60.4 Å². The molecule has 3 N–H and O–H groups in total. The van der Waals surface area contributed by atoms with Gasteiger partial charge in [0.05, 0.1) is 0 Å². The quantitative estimate of drug-likeness (QED) is 0.614. The Kier molecular flexibility index (Phi) is 3.35. The lowest BCUT2D eigenvalue weighted by Gasteiger charge is -2.05. The molecular formula is C13H12FN3. The molecule has 0 saturated carbocycles. The Hall–Kier alpha value is -2.36. The number of nitrogens with one attached hydrogen (secondary N) is 1. The predicted molar refractivity (Wildman–Crippen MR) is 67.7 cm³/mol. The summed E-state index contributed by atoms with van der Waals surface area (Å²) in [6, 6.07) is 15.6. The van der Waals surface area contributed by atoms with Crippen LogP contribution in [0.2, 0.25) is 0 Å². The van der Waals surface area contributed by atoms with E-state index in [4.69, 9.17) is 5.73 Å². The van der Waals surface area contributed by atoms with E-state index in [0.29, 0.717) is 0 Å². The lowest BCUT2D eigenvalue weighted by molar-refractivity contribution is 0.630. The SMILES string of the molecule is NC(=Nc1ccccc1F)Nc1ccccc1. The summed E-state index contributed by atoms with van der Waals surface area (Å²) in [4.78, 5) is 3.96. The van der Waals surface area contributed by atoms with Crippen LogP contribution in [0.3, 0.4) is 0 Å². The summed E-state index contributed by atoms with van der Waals surface area (Å²) in [5.74, 6) is -0.244. The van der Waals surface area contributed by atoms with Gasteiger partial charge in [0.2, 0.25) is 0 Å². The Morgan fingerprint density at radius 1 is 1.00 bits per heavy atom. The van der Waals surface area contributed by atoms with Gasteiger partial charge in [-0.25, -0.2) is 9.38 Å². The highest BCUT2D eigenvalue weighted by molar-refractivity contribution is 5.93. The van der Waals surface area contributed by atoms with Crippen LogP contribution in [0.25, 0.3) is 0 Å². The fourth-order valence-corrected chi connectivity index (χ4v) is 1.37. The molecule has 17 heavy (non-hydrogen) atoms. The number of hydrogen-bond donors (Lipinski definition) is 2. The second-order valence-corrected chi connectivity index (χ2v) is 3.44. The molecule has 0 aliphatic carbocycles. The van der Waals surface area contributed by atoms with Crippen molar-refractivity contribution in [3.63, 3.8) is 0 Å². The molecule has 0 spiro atoms. The molecule has 3 nitrogen and oxygen atoms in total. The fraction of sp³-hybridized carbons (Fsp3) is 0. The van der Waals surface area contributed by atoms with E-state index in [1.807, 2.05) is 30.3 Å². The molecule has 2 rings (SSSR count). The molecule has 86 valence electrons. The fourth-order valence-electron chi connectivity index (χ4n) is 1.37. The molecule has 0 bridgehead atoms. The van der Waals surface area contributed by atoms with Crippen molar-refractivity contribution in [2.24, 2.45) is 10.7 Å². The van der Waals surface area contributed by atoms with Crippen LogP contribution in [-0.2, 0) is 0 Å². The van der Waals surface area contributed by atoms with Gasteiger partial charge in [-0.05, 0) is 24.3 Å². The predicted octanol–water partition coefficient (Wildman–Crippen LogP) is 2.88. The Labute approximate surface area is 98.8 Å². The summed E-state index contributed by atoms with van der Waals surface area (Å²) in [6.07, 6.45) is 0. The van der Waals surface area contributed by atoms with Gasteiger partial charge in [-0.1, -0.05) is 30.3 Å². The van der Waals surface area contributed by atoms with Crippen LogP contribution in [-0.4, -0.2) is 5.96 Å². The molecule has 0 fully saturated rings. The molecule has 0 amide bonds. The van der Waals surface area contributed by atoms with Gasteiger partial charge in [-0.3, -0.25) is 0 Å². The van der Waals surface area contributed by atoms with Crippen LogP contribution in [0, 0.1) is 5.82 Å². The maximum Gasteiger partial charge on any atom is 0.198 e. The first-order valence-corrected chi connectivity index (χ1v) is 5.16. The number of hydrogen-bond acceptors (Lipinski definition) is 1. The first-order chi connectivity index (χ1) is 8.25. The smallest absolute Gasteiger partial charge is 0.198 e. The number of rotatable bonds is 2. The number of aliphatic imine (C=N–C) groups is 1. The third-order valence-electron chi connectivity index (χ3n) is 2.14.